The smallest absolute Gasteiger partial charge is 0.275 e. The van der Waals surface area contributed by atoms with E-state index in [1.807, 2.05) is 29.2 Å². The van der Waals surface area contributed by atoms with Crippen LogP contribution in [0.3, 0.4) is 0 Å². The number of amides is 2. The van der Waals surface area contributed by atoms with Crippen LogP contribution in [0.4, 0.5) is 0 Å². The van der Waals surface area contributed by atoms with Crippen LogP contribution < -0.4 is 0 Å². The minimum atomic E-state index is -0.611. The maximum absolute atomic E-state index is 13.5. The number of hydrogen-bond acceptors (Lipinski definition) is 4. The summed E-state index contributed by atoms with van der Waals surface area (Å²) in [4.78, 5) is 35.4. The summed E-state index contributed by atoms with van der Waals surface area (Å²) >= 11 is 6.03. The molecule has 0 radical (unpaired) electrons. The number of benzene rings is 1. The molecule has 2 aromatic rings. The molecule has 1 unspecified atom stereocenters. The maximum atomic E-state index is 13.5. The SMILES string of the molecule is O=C(CN1C(=O)C(c2ccc(Cl)cc2)=NC12CCCCC2)N1CCCC1c1ccco1. The minimum Gasteiger partial charge on any atom is -0.467 e. The molecule has 162 valence electrons. The van der Waals surface area contributed by atoms with Crippen LogP contribution in [0.5, 0.6) is 0 Å². The molecule has 31 heavy (non-hydrogen) atoms. The van der Waals surface area contributed by atoms with Gasteiger partial charge in [0, 0.05) is 17.1 Å². The number of likely N-dealkylation sites (tertiary alicyclic amines) is 1. The van der Waals surface area contributed by atoms with Crippen molar-refractivity contribution in [1.82, 2.24) is 9.80 Å². The zero-order valence-electron chi connectivity index (χ0n) is 17.4. The first-order valence-electron chi connectivity index (χ1n) is 11.1. The summed E-state index contributed by atoms with van der Waals surface area (Å²) in [7, 11) is 0. The lowest BCUT2D eigenvalue weighted by molar-refractivity contribution is -0.142. The van der Waals surface area contributed by atoms with Crippen molar-refractivity contribution in [2.45, 2.75) is 56.7 Å². The molecular weight excluding hydrogens is 414 g/mol. The summed E-state index contributed by atoms with van der Waals surface area (Å²) in [6.07, 6.45) is 8.20. The van der Waals surface area contributed by atoms with E-state index in [1.165, 1.54) is 0 Å². The van der Waals surface area contributed by atoms with Gasteiger partial charge in [-0.25, -0.2) is 0 Å². The molecule has 2 fully saturated rings. The van der Waals surface area contributed by atoms with Crippen LogP contribution in [0.2, 0.25) is 5.02 Å². The Hall–Kier alpha value is -2.60. The monoisotopic (exact) mass is 439 g/mol. The average Bonchev–Trinajstić information content (AvgIpc) is 3.52. The normalized spacial score (nSPS) is 22.9. The predicted molar refractivity (Wildman–Crippen MR) is 118 cm³/mol. The summed E-state index contributed by atoms with van der Waals surface area (Å²) in [5.74, 6) is 0.611. The van der Waals surface area contributed by atoms with Crippen LogP contribution in [-0.4, -0.2) is 46.1 Å². The van der Waals surface area contributed by atoms with Crippen LogP contribution >= 0.6 is 11.6 Å². The van der Waals surface area contributed by atoms with E-state index in [9.17, 15) is 9.59 Å². The molecule has 1 aromatic carbocycles. The zero-order chi connectivity index (χ0) is 21.4. The lowest BCUT2D eigenvalue weighted by atomic mass is 9.88. The molecule has 1 spiro atoms. The molecule has 0 N–H and O–H groups in total. The van der Waals surface area contributed by atoms with Gasteiger partial charge >= 0.3 is 0 Å². The quantitative estimate of drug-likeness (QED) is 0.699. The van der Waals surface area contributed by atoms with Gasteiger partial charge in [0.1, 0.15) is 23.7 Å². The zero-order valence-corrected chi connectivity index (χ0v) is 18.2. The van der Waals surface area contributed by atoms with E-state index < -0.39 is 5.66 Å². The van der Waals surface area contributed by atoms with Crippen molar-refractivity contribution in [3.8, 4) is 0 Å². The Morgan fingerprint density at radius 2 is 1.90 bits per heavy atom. The second-order valence-electron chi connectivity index (χ2n) is 8.66. The van der Waals surface area contributed by atoms with Gasteiger partial charge in [-0.3, -0.25) is 14.6 Å². The molecule has 3 aliphatic rings. The van der Waals surface area contributed by atoms with Crippen molar-refractivity contribution in [2.75, 3.05) is 13.1 Å². The highest BCUT2D eigenvalue weighted by Gasteiger charge is 2.49. The largest absolute Gasteiger partial charge is 0.467 e. The van der Waals surface area contributed by atoms with Gasteiger partial charge in [-0.15, -0.1) is 0 Å². The van der Waals surface area contributed by atoms with Gasteiger partial charge in [0.05, 0.1) is 12.3 Å². The van der Waals surface area contributed by atoms with Crippen molar-refractivity contribution < 1.29 is 14.0 Å². The molecule has 5 rings (SSSR count). The lowest BCUT2D eigenvalue weighted by Crippen LogP contribution is -2.52. The van der Waals surface area contributed by atoms with Crippen molar-refractivity contribution in [2.24, 2.45) is 4.99 Å². The molecule has 6 nitrogen and oxygen atoms in total. The van der Waals surface area contributed by atoms with Crippen LogP contribution in [-0.2, 0) is 9.59 Å². The molecule has 1 saturated heterocycles. The number of halogens is 1. The van der Waals surface area contributed by atoms with Crippen LogP contribution in [0, 0.1) is 0 Å². The molecule has 2 amide bonds. The van der Waals surface area contributed by atoms with Crippen molar-refractivity contribution >= 4 is 29.1 Å². The Kier molecular flexibility index (Phi) is 5.34. The minimum absolute atomic E-state index is 0.0373. The second-order valence-corrected chi connectivity index (χ2v) is 9.10. The van der Waals surface area contributed by atoms with Crippen molar-refractivity contribution in [3.63, 3.8) is 0 Å². The van der Waals surface area contributed by atoms with E-state index in [0.717, 1.165) is 56.3 Å². The molecule has 2 aliphatic heterocycles. The Balaban J connectivity index is 1.41. The molecular formula is C24H26ClN3O3. The van der Waals surface area contributed by atoms with Crippen LogP contribution in [0.15, 0.2) is 52.1 Å². The van der Waals surface area contributed by atoms with Gasteiger partial charge in [-0.1, -0.05) is 30.2 Å². The Morgan fingerprint density at radius 1 is 1.13 bits per heavy atom. The maximum Gasteiger partial charge on any atom is 0.275 e. The van der Waals surface area contributed by atoms with E-state index in [0.29, 0.717) is 17.3 Å². The van der Waals surface area contributed by atoms with Gasteiger partial charge in [0.2, 0.25) is 5.91 Å². The number of aliphatic imine (C=N–C) groups is 1. The standard InChI is InChI=1S/C24H26ClN3O3/c25-18-10-8-17(9-11-18)22-23(30)28(24(26-22)12-2-1-3-13-24)16-21(29)27-14-4-6-19(27)20-7-5-15-31-20/h5,7-11,15,19H,1-4,6,12-14,16H2. The Morgan fingerprint density at radius 3 is 2.61 bits per heavy atom. The first-order valence-corrected chi connectivity index (χ1v) is 11.5. The van der Waals surface area contributed by atoms with Crippen molar-refractivity contribution in [1.29, 1.82) is 0 Å². The number of furan rings is 1. The molecule has 0 bridgehead atoms. The number of hydrogen-bond donors (Lipinski definition) is 0. The van der Waals surface area contributed by atoms with Crippen LogP contribution in [0.25, 0.3) is 0 Å². The molecule has 1 atom stereocenters. The highest BCUT2D eigenvalue weighted by molar-refractivity contribution is 6.47. The van der Waals surface area contributed by atoms with E-state index in [2.05, 4.69) is 0 Å². The summed E-state index contributed by atoms with van der Waals surface area (Å²) in [5.41, 5.74) is 0.583. The van der Waals surface area contributed by atoms with Gasteiger partial charge < -0.3 is 14.2 Å². The van der Waals surface area contributed by atoms with Gasteiger partial charge in [0.15, 0.2) is 0 Å². The molecule has 7 heteroatoms. The third kappa shape index (κ3) is 3.67. The fraction of sp³-hybridized carbons (Fsp3) is 0.458. The van der Waals surface area contributed by atoms with E-state index in [4.69, 9.17) is 21.0 Å². The molecule has 1 aliphatic carbocycles. The highest BCUT2D eigenvalue weighted by Crippen LogP contribution is 2.40. The van der Waals surface area contributed by atoms with Gasteiger partial charge in [-0.2, -0.15) is 0 Å². The van der Waals surface area contributed by atoms with E-state index >= 15 is 0 Å². The number of nitrogens with zero attached hydrogens (tertiary/aromatic N) is 3. The Bertz CT molecular complexity index is 994. The average molecular weight is 440 g/mol. The van der Waals surface area contributed by atoms with Gasteiger partial charge in [-0.05, 0) is 62.8 Å². The summed E-state index contributed by atoms with van der Waals surface area (Å²) in [5, 5.41) is 0.618. The van der Waals surface area contributed by atoms with E-state index in [1.54, 1.807) is 23.3 Å². The van der Waals surface area contributed by atoms with Gasteiger partial charge in [0.25, 0.3) is 5.91 Å². The number of carbonyl (C=O) groups excluding carboxylic acids is 2. The summed E-state index contributed by atoms with van der Waals surface area (Å²) < 4.78 is 5.58. The third-order valence-electron chi connectivity index (χ3n) is 6.78. The molecule has 3 heterocycles. The van der Waals surface area contributed by atoms with Crippen molar-refractivity contribution in [3.05, 3.63) is 59.0 Å². The fourth-order valence-electron chi connectivity index (χ4n) is 5.22. The number of rotatable bonds is 4. The number of carbonyl (C=O) groups is 2. The van der Waals surface area contributed by atoms with Crippen LogP contribution in [0.1, 0.15) is 62.3 Å². The second kappa shape index (κ2) is 8.15. The third-order valence-corrected chi connectivity index (χ3v) is 7.03. The highest BCUT2D eigenvalue weighted by atomic mass is 35.5. The molecule has 1 aromatic heterocycles. The first-order chi connectivity index (χ1) is 15.1. The molecule has 1 saturated carbocycles. The van der Waals surface area contributed by atoms with E-state index in [-0.39, 0.29) is 24.4 Å². The summed E-state index contributed by atoms with van der Waals surface area (Å²) in [6, 6.07) is 10.9. The first kappa shape index (κ1) is 20.3. The summed E-state index contributed by atoms with van der Waals surface area (Å²) in [6.45, 7) is 0.737. The lowest BCUT2D eigenvalue weighted by Gasteiger charge is -2.39. The Labute approximate surface area is 186 Å². The fourth-order valence-corrected chi connectivity index (χ4v) is 5.34. The predicted octanol–water partition coefficient (Wildman–Crippen LogP) is 4.59. The topological polar surface area (TPSA) is 66.1 Å².